The summed E-state index contributed by atoms with van der Waals surface area (Å²) >= 11 is 0. The molecule has 1 unspecified atom stereocenters. The van der Waals surface area contributed by atoms with Crippen molar-refractivity contribution in [1.29, 1.82) is 0 Å². The van der Waals surface area contributed by atoms with E-state index in [1.54, 1.807) is 31.2 Å². The maximum Gasteiger partial charge on any atom is 0.421 e. The summed E-state index contributed by atoms with van der Waals surface area (Å²) in [5.74, 6) is 0. The van der Waals surface area contributed by atoms with Gasteiger partial charge >= 0.3 is 6.09 Å². The van der Waals surface area contributed by atoms with Crippen LogP contribution in [0.1, 0.15) is 17.5 Å². The van der Waals surface area contributed by atoms with Gasteiger partial charge in [0.05, 0.1) is 9.79 Å². The molecular formula is C20H24N2O6S2. The number of carbonyl (C=O) groups is 1. The summed E-state index contributed by atoms with van der Waals surface area (Å²) in [6.45, 7) is 7.15. The van der Waals surface area contributed by atoms with Crippen molar-refractivity contribution in [2.45, 2.75) is 36.2 Å². The number of ether oxygens (including phenoxy) is 1. The second-order valence-corrected chi connectivity index (χ2v) is 10.0. The fourth-order valence-corrected chi connectivity index (χ4v) is 4.34. The van der Waals surface area contributed by atoms with Gasteiger partial charge in [0.15, 0.2) is 0 Å². The third-order valence-electron chi connectivity index (χ3n) is 4.12. The first kappa shape index (κ1) is 23.6. The highest BCUT2D eigenvalue weighted by molar-refractivity contribution is 7.90. The van der Waals surface area contributed by atoms with Gasteiger partial charge in [0.2, 0.25) is 10.0 Å². The minimum Gasteiger partial charge on any atom is -0.441 e. The molecule has 8 nitrogen and oxygen atoms in total. The molecule has 0 aliphatic carbocycles. The van der Waals surface area contributed by atoms with Crippen LogP contribution in [-0.4, -0.2) is 35.6 Å². The normalized spacial score (nSPS) is 12.7. The van der Waals surface area contributed by atoms with Crippen molar-refractivity contribution in [3.05, 3.63) is 72.3 Å². The number of rotatable bonds is 9. The van der Waals surface area contributed by atoms with Crippen LogP contribution in [0.2, 0.25) is 0 Å². The molecule has 0 fully saturated rings. The van der Waals surface area contributed by atoms with Gasteiger partial charge < -0.3 is 4.74 Å². The quantitative estimate of drug-likeness (QED) is 0.565. The van der Waals surface area contributed by atoms with Gasteiger partial charge in [-0.05, 0) is 38.1 Å². The van der Waals surface area contributed by atoms with E-state index in [0.717, 1.165) is 11.1 Å². The summed E-state index contributed by atoms with van der Waals surface area (Å²) < 4.78 is 58.2. The summed E-state index contributed by atoms with van der Waals surface area (Å²) in [6.07, 6.45) is -0.703. The van der Waals surface area contributed by atoms with Crippen LogP contribution in [0.25, 0.3) is 0 Å². The molecule has 0 aliphatic heterocycles. The van der Waals surface area contributed by atoms with Crippen LogP contribution in [0.5, 0.6) is 0 Å². The fourth-order valence-electron chi connectivity index (χ4n) is 2.41. The van der Waals surface area contributed by atoms with Crippen molar-refractivity contribution < 1.29 is 26.4 Å². The van der Waals surface area contributed by atoms with Crippen LogP contribution in [0.15, 0.2) is 71.0 Å². The topological polar surface area (TPSA) is 119 Å². The molecule has 2 aromatic carbocycles. The van der Waals surface area contributed by atoms with Crippen LogP contribution >= 0.6 is 0 Å². The molecule has 1 amide bonds. The van der Waals surface area contributed by atoms with Gasteiger partial charge in [-0.25, -0.2) is 31.1 Å². The number of benzene rings is 2. The Morgan fingerprint density at radius 3 is 1.87 bits per heavy atom. The van der Waals surface area contributed by atoms with E-state index >= 15 is 0 Å². The van der Waals surface area contributed by atoms with Crippen molar-refractivity contribution in [1.82, 2.24) is 9.44 Å². The molecule has 30 heavy (non-hydrogen) atoms. The average molecular weight is 453 g/mol. The summed E-state index contributed by atoms with van der Waals surface area (Å²) in [4.78, 5) is 12.0. The molecule has 162 valence electrons. The van der Waals surface area contributed by atoms with Gasteiger partial charge in [0.1, 0.15) is 6.10 Å². The Balaban J connectivity index is 1.90. The zero-order chi connectivity index (χ0) is 22.4. The molecule has 0 heterocycles. The predicted molar refractivity (Wildman–Crippen MR) is 113 cm³/mol. The molecule has 0 radical (unpaired) electrons. The van der Waals surface area contributed by atoms with E-state index in [-0.39, 0.29) is 22.8 Å². The van der Waals surface area contributed by atoms with Crippen LogP contribution in [0.3, 0.4) is 0 Å². The van der Waals surface area contributed by atoms with E-state index in [0.29, 0.717) is 0 Å². The summed E-state index contributed by atoms with van der Waals surface area (Å²) in [7, 11) is -7.80. The van der Waals surface area contributed by atoms with Gasteiger partial charge in [-0.15, -0.1) is 0 Å². The second-order valence-electron chi connectivity index (χ2n) is 6.60. The third kappa shape index (κ3) is 6.68. The van der Waals surface area contributed by atoms with E-state index in [1.165, 1.54) is 30.3 Å². The lowest BCUT2D eigenvalue weighted by atomic mass is 10.2. The van der Waals surface area contributed by atoms with Crippen molar-refractivity contribution in [3.63, 3.8) is 0 Å². The monoisotopic (exact) mass is 452 g/mol. The van der Waals surface area contributed by atoms with Crippen LogP contribution in [0, 0.1) is 13.8 Å². The van der Waals surface area contributed by atoms with Gasteiger partial charge in [0.25, 0.3) is 10.0 Å². The molecule has 2 aromatic rings. The lowest BCUT2D eigenvalue weighted by Gasteiger charge is -2.15. The number of sulfonamides is 2. The smallest absolute Gasteiger partial charge is 0.421 e. The Morgan fingerprint density at radius 1 is 0.933 bits per heavy atom. The first-order chi connectivity index (χ1) is 14.0. The van der Waals surface area contributed by atoms with Crippen molar-refractivity contribution in [2.24, 2.45) is 0 Å². The maximum atomic E-state index is 12.3. The molecule has 0 spiro atoms. The first-order valence-electron chi connectivity index (χ1n) is 9.02. The first-order valence-corrected chi connectivity index (χ1v) is 12.0. The Hall–Kier alpha value is -2.69. The Bertz CT molecular complexity index is 1090. The van der Waals surface area contributed by atoms with E-state index < -0.39 is 32.2 Å². The predicted octanol–water partition coefficient (Wildman–Crippen LogP) is 2.64. The molecule has 0 saturated carbocycles. The lowest BCUT2D eigenvalue weighted by molar-refractivity contribution is 0.122. The molecule has 2 rings (SSSR count). The largest absolute Gasteiger partial charge is 0.441 e. The summed E-state index contributed by atoms with van der Waals surface area (Å²) in [5, 5.41) is 0. The van der Waals surface area contributed by atoms with Gasteiger partial charge in [-0.3, -0.25) is 0 Å². The molecule has 10 heteroatoms. The number of carbonyl (C=O) groups excluding carboxylic acids is 1. The van der Waals surface area contributed by atoms with Crippen LogP contribution in [0.4, 0.5) is 4.79 Å². The second kappa shape index (κ2) is 9.88. The van der Waals surface area contributed by atoms with Crippen molar-refractivity contribution in [2.75, 3.05) is 6.54 Å². The van der Waals surface area contributed by atoms with Gasteiger partial charge in [-0.2, -0.15) is 0 Å². The number of hydrogen-bond donors (Lipinski definition) is 2. The number of hydrogen-bond acceptors (Lipinski definition) is 6. The Kier molecular flexibility index (Phi) is 7.77. The highest BCUT2D eigenvalue weighted by Gasteiger charge is 2.21. The maximum absolute atomic E-state index is 12.3. The molecule has 0 aromatic heterocycles. The van der Waals surface area contributed by atoms with Crippen molar-refractivity contribution in [3.8, 4) is 0 Å². The summed E-state index contributed by atoms with van der Waals surface area (Å²) in [6, 6.07) is 12.3. The number of nitrogens with one attached hydrogen (secondary N) is 2. The van der Waals surface area contributed by atoms with Crippen LogP contribution < -0.4 is 9.44 Å². The summed E-state index contributed by atoms with van der Waals surface area (Å²) in [5.41, 5.74) is 1.80. The Labute approximate surface area is 177 Å². The molecule has 2 N–H and O–H groups in total. The zero-order valence-corrected chi connectivity index (χ0v) is 18.3. The minimum atomic E-state index is -4.08. The highest BCUT2D eigenvalue weighted by atomic mass is 32.2. The molecule has 1 atom stereocenters. The standard InChI is InChI=1S/C20H24N2O6S2/c1-4-17(13-14-21-29(24,25)18-9-5-15(2)6-10-18)28-20(23)22-30(26,27)19-11-7-16(3)8-12-19/h4-12,17,21H,1,13-14H2,2-3H3,(H,22,23). The molecule has 0 aliphatic rings. The van der Waals surface area contributed by atoms with Gasteiger partial charge in [-0.1, -0.05) is 48.0 Å². The minimum absolute atomic E-state index is 0.0368. The van der Waals surface area contributed by atoms with E-state index in [9.17, 15) is 21.6 Å². The van der Waals surface area contributed by atoms with Crippen LogP contribution in [-0.2, 0) is 24.8 Å². The van der Waals surface area contributed by atoms with E-state index in [4.69, 9.17) is 4.74 Å². The van der Waals surface area contributed by atoms with E-state index in [1.807, 2.05) is 11.6 Å². The Morgan fingerprint density at radius 2 is 1.40 bits per heavy atom. The molecule has 0 bridgehead atoms. The number of amides is 1. The molecular weight excluding hydrogens is 428 g/mol. The zero-order valence-electron chi connectivity index (χ0n) is 16.7. The van der Waals surface area contributed by atoms with Gasteiger partial charge in [0, 0.05) is 13.0 Å². The van der Waals surface area contributed by atoms with E-state index in [2.05, 4.69) is 11.3 Å². The lowest BCUT2D eigenvalue weighted by Crippen LogP contribution is -2.35. The highest BCUT2D eigenvalue weighted by Crippen LogP contribution is 2.12. The third-order valence-corrected chi connectivity index (χ3v) is 6.93. The molecule has 0 saturated heterocycles. The SMILES string of the molecule is C=CC(CCNS(=O)(=O)c1ccc(C)cc1)OC(=O)NS(=O)(=O)c1ccc(C)cc1. The van der Waals surface area contributed by atoms with Crippen molar-refractivity contribution >= 4 is 26.1 Å². The number of aryl methyl sites for hydroxylation is 2. The fraction of sp³-hybridized carbons (Fsp3) is 0.250. The average Bonchev–Trinajstić information content (AvgIpc) is 2.67.